The fourth-order valence-electron chi connectivity index (χ4n) is 1.70. The molecule has 3 nitrogen and oxygen atoms in total. The third-order valence-corrected chi connectivity index (χ3v) is 3.47. The van der Waals surface area contributed by atoms with E-state index in [0.29, 0.717) is 6.04 Å². The molecule has 0 radical (unpaired) electrons. The molecule has 1 aromatic heterocycles. The maximum Gasteiger partial charge on any atom is 0.0707 e. The first-order chi connectivity index (χ1) is 6.77. The van der Waals surface area contributed by atoms with Crippen LogP contribution < -0.4 is 11.1 Å². The van der Waals surface area contributed by atoms with Crippen molar-refractivity contribution in [2.45, 2.75) is 19.4 Å². The van der Waals surface area contributed by atoms with E-state index in [1.165, 1.54) is 0 Å². The minimum absolute atomic E-state index is 0.441. The van der Waals surface area contributed by atoms with Gasteiger partial charge in [-0.1, -0.05) is 0 Å². The van der Waals surface area contributed by atoms with Crippen molar-refractivity contribution >= 4 is 22.7 Å². The molecule has 0 bridgehead atoms. The molecular formula is C10H15N3S. The molecule has 1 fully saturated rings. The summed E-state index contributed by atoms with van der Waals surface area (Å²) in [5.74, 6) is 0. The van der Waals surface area contributed by atoms with Gasteiger partial charge in [-0.2, -0.15) is 0 Å². The molecule has 3 N–H and O–H groups in total. The third-order valence-electron chi connectivity index (χ3n) is 2.43. The third kappa shape index (κ3) is 1.96. The SMILES string of the molecule is CC(=NC1CCNC1)c1sccc1N. The Morgan fingerprint density at radius 1 is 1.71 bits per heavy atom. The van der Waals surface area contributed by atoms with Crippen molar-refractivity contribution < 1.29 is 0 Å². The Kier molecular flexibility index (Phi) is 2.84. The van der Waals surface area contributed by atoms with Crippen LogP contribution in [0.3, 0.4) is 0 Å². The first-order valence-corrected chi connectivity index (χ1v) is 5.74. The van der Waals surface area contributed by atoms with Crippen molar-refractivity contribution in [2.24, 2.45) is 4.99 Å². The van der Waals surface area contributed by atoms with Crippen LogP contribution in [0.1, 0.15) is 18.2 Å². The summed E-state index contributed by atoms with van der Waals surface area (Å²) in [7, 11) is 0. The number of hydrogen-bond acceptors (Lipinski definition) is 4. The molecule has 0 amide bonds. The van der Waals surface area contributed by atoms with E-state index >= 15 is 0 Å². The van der Waals surface area contributed by atoms with Gasteiger partial charge in [-0.3, -0.25) is 4.99 Å². The molecular weight excluding hydrogens is 194 g/mol. The lowest BCUT2D eigenvalue weighted by Gasteiger charge is -2.04. The molecule has 4 heteroatoms. The minimum atomic E-state index is 0.441. The monoisotopic (exact) mass is 209 g/mol. The van der Waals surface area contributed by atoms with Crippen LogP contribution in [-0.4, -0.2) is 24.8 Å². The maximum absolute atomic E-state index is 5.83. The molecule has 0 spiro atoms. The molecule has 0 aromatic carbocycles. The summed E-state index contributed by atoms with van der Waals surface area (Å²) in [5.41, 5.74) is 7.75. The highest BCUT2D eigenvalue weighted by Crippen LogP contribution is 2.20. The first-order valence-electron chi connectivity index (χ1n) is 4.86. The molecule has 1 unspecified atom stereocenters. The van der Waals surface area contributed by atoms with Crippen molar-refractivity contribution in [3.8, 4) is 0 Å². The summed E-state index contributed by atoms with van der Waals surface area (Å²) in [5, 5.41) is 5.31. The van der Waals surface area contributed by atoms with Crippen molar-refractivity contribution in [3.63, 3.8) is 0 Å². The standard InChI is InChI=1S/C10H15N3S/c1-7(10-9(11)3-5-14-10)13-8-2-4-12-6-8/h3,5,8,12H,2,4,6,11H2,1H3. The molecule has 1 atom stereocenters. The van der Waals surface area contributed by atoms with E-state index in [2.05, 4.69) is 10.3 Å². The zero-order valence-corrected chi connectivity index (χ0v) is 9.10. The molecule has 1 aliphatic heterocycles. The summed E-state index contributed by atoms with van der Waals surface area (Å²) in [6, 6.07) is 2.38. The summed E-state index contributed by atoms with van der Waals surface area (Å²) in [6.45, 7) is 4.13. The van der Waals surface area contributed by atoms with Gasteiger partial charge < -0.3 is 11.1 Å². The van der Waals surface area contributed by atoms with Gasteiger partial charge in [0.15, 0.2) is 0 Å². The van der Waals surface area contributed by atoms with Crippen molar-refractivity contribution in [2.75, 3.05) is 18.8 Å². The van der Waals surface area contributed by atoms with Gasteiger partial charge in [0.25, 0.3) is 0 Å². The van der Waals surface area contributed by atoms with Gasteiger partial charge >= 0.3 is 0 Å². The Morgan fingerprint density at radius 2 is 2.57 bits per heavy atom. The van der Waals surface area contributed by atoms with E-state index in [1.54, 1.807) is 11.3 Å². The molecule has 1 aliphatic rings. The van der Waals surface area contributed by atoms with Gasteiger partial charge in [0.05, 0.1) is 22.3 Å². The molecule has 14 heavy (non-hydrogen) atoms. The van der Waals surface area contributed by atoms with Gasteiger partial charge in [-0.25, -0.2) is 0 Å². The Morgan fingerprint density at radius 3 is 3.14 bits per heavy atom. The van der Waals surface area contributed by atoms with E-state index in [9.17, 15) is 0 Å². The van der Waals surface area contributed by atoms with E-state index in [0.717, 1.165) is 35.8 Å². The van der Waals surface area contributed by atoms with Crippen LogP contribution in [0.15, 0.2) is 16.4 Å². The Bertz CT molecular complexity index is 337. The highest BCUT2D eigenvalue weighted by atomic mass is 32.1. The smallest absolute Gasteiger partial charge is 0.0707 e. The van der Waals surface area contributed by atoms with E-state index in [-0.39, 0.29) is 0 Å². The number of nitrogen functional groups attached to an aromatic ring is 1. The quantitative estimate of drug-likeness (QED) is 0.725. The number of nitrogens with one attached hydrogen (secondary N) is 1. The number of thiophene rings is 1. The van der Waals surface area contributed by atoms with E-state index in [1.807, 2.05) is 18.4 Å². The fraction of sp³-hybridized carbons (Fsp3) is 0.500. The van der Waals surface area contributed by atoms with Gasteiger partial charge in [0.2, 0.25) is 0 Å². The lowest BCUT2D eigenvalue weighted by molar-refractivity contribution is 0.744. The highest BCUT2D eigenvalue weighted by Gasteiger charge is 2.14. The number of nitrogens with two attached hydrogens (primary N) is 1. The molecule has 2 rings (SSSR count). The van der Waals surface area contributed by atoms with Crippen molar-refractivity contribution in [3.05, 3.63) is 16.3 Å². The van der Waals surface area contributed by atoms with Crippen molar-refractivity contribution in [1.29, 1.82) is 0 Å². The Balaban J connectivity index is 2.14. The summed E-state index contributed by atoms with van der Waals surface area (Å²) in [6.07, 6.45) is 1.14. The predicted molar refractivity (Wildman–Crippen MR) is 62.2 cm³/mol. The first kappa shape index (κ1) is 9.68. The second-order valence-corrected chi connectivity index (χ2v) is 4.48. The second kappa shape index (κ2) is 4.11. The van der Waals surface area contributed by atoms with Crippen LogP contribution in [0.25, 0.3) is 0 Å². The number of anilines is 1. The number of nitrogens with zero attached hydrogens (tertiary/aromatic N) is 1. The maximum atomic E-state index is 5.83. The van der Waals surface area contributed by atoms with E-state index < -0.39 is 0 Å². The minimum Gasteiger partial charge on any atom is -0.398 e. The van der Waals surface area contributed by atoms with Crippen LogP contribution in [0.5, 0.6) is 0 Å². The fourth-order valence-corrected chi connectivity index (χ4v) is 2.47. The lowest BCUT2D eigenvalue weighted by Crippen LogP contribution is -2.13. The molecule has 0 aliphatic carbocycles. The van der Waals surface area contributed by atoms with Gasteiger partial charge in [-0.15, -0.1) is 11.3 Å². The normalized spacial score (nSPS) is 22.9. The lowest BCUT2D eigenvalue weighted by atomic mass is 10.2. The number of rotatable bonds is 2. The Labute approximate surface area is 88.0 Å². The molecule has 2 heterocycles. The topological polar surface area (TPSA) is 50.4 Å². The van der Waals surface area contributed by atoms with E-state index in [4.69, 9.17) is 5.73 Å². The molecule has 1 saturated heterocycles. The average molecular weight is 209 g/mol. The summed E-state index contributed by atoms with van der Waals surface area (Å²) < 4.78 is 0. The second-order valence-electron chi connectivity index (χ2n) is 3.57. The zero-order chi connectivity index (χ0) is 9.97. The summed E-state index contributed by atoms with van der Waals surface area (Å²) in [4.78, 5) is 5.79. The number of hydrogen-bond donors (Lipinski definition) is 2. The zero-order valence-electron chi connectivity index (χ0n) is 8.29. The average Bonchev–Trinajstić information content (AvgIpc) is 2.75. The molecule has 0 saturated carbocycles. The molecule has 76 valence electrons. The van der Waals surface area contributed by atoms with Crippen LogP contribution in [0.2, 0.25) is 0 Å². The molecule has 1 aromatic rings. The number of aliphatic imine (C=N–C) groups is 1. The van der Waals surface area contributed by atoms with Gasteiger partial charge in [0, 0.05) is 6.54 Å². The largest absolute Gasteiger partial charge is 0.398 e. The van der Waals surface area contributed by atoms with Crippen LogP contribution in [0, 0.1) is 0 Å². The van der Waals surface area contributed by atoms with Crippen molar-refractivity contribution in [1.82, 2.24) is 5.32 Å². The van der Waals surface area contributed by atoms with Crippen LogP contribution in [-0.2, 0) is 0 Å². The summed E-state index contributed by atoms with van der Waals surface area (Å²) >= 11 is 1.66. The predicted octanol–water partition coefficient (Wildman–Crippen LogP) is 1.50. The Hall–Kier alpha value is -0.870. The van der Waals surface area contributed by atoms with Crippen LogP contribution >= 0.6 is 11.3 Å². The van der Waals surface area contributed by atoms with Crippen LogP contribution in [0.4, 0.5) is 5.69 Å². The highest BCUT2D eigenvalue weighted by molar-refractivity contribution is 7.12. The van der Waals surface area contributed by atoms with Gasteiger partial charge in [0.1, 0.15) is 0 Å². The van der Waals surface area contributed by atoms with Gasteiger partial charge in [-0.05, 0) is 31.3 Å².